The number of tetrazole rings is 1. The third-order valence-corrected chi connectivity index (χ3v) is 6.07. The van der Waals surface area contributed by atoms with Gasteiger partial charge in [0.25, 0.3) is 0 Å². The highest BCUT2D eigenvalue weighted by atomic mass is 32.2. The molecule has 4 rings (SSSR count). The number of rotatable bonds is 4. The van der Waals surface area contributed by atoms with Gasteiger partial charge in [0.2, 0.25) is 17.0 Å². The number of hydrogen-bond donors (Lipinski definition) is 1. The van der Waals surface area contributed by atoms with Crippen molar-refractivity contribution >= 4 is 35.0 Å². The lowest BCUT2D eigenvalue weighted by molar-refractivity contribution is -0.126. The summed E-state index contributed by atoms with van der Waals surface area (Å²) in [6.07, 6.45) is 0. The van der Waals surface area contributed by atoms with Crippen LogP contribution in [0, 0.1) is 6.92 Å². The van der Waals surface area contributed by atoms with E-state index >= 15 is 0 Å². The van der Waals surface area contributed by atoms with Crippen molar-refractivity contribution in [2.75, 3.05) is 10.2 Å². The van der Waals surface area contributed by atoms with E-state index in [1.165, 1.54) is 11.8 Å². The van der Waals surface area contributed by atoms with Crippen LogP contribution in [0.3, 0.4) is 0 Å². The molecular formula is C21H22N6O2S. The first-order chi connectivity index (χ1) is 14.3. The van der Waals surface area contributed by atoms with Crippen LogP contribution < -0.4 is 10.2 Å². The number of aromatic nitrogens is 4. The molecule has 2 amide bonds. The predicted molar refractivity (Wildman–Crippen MR) is 116 cm³/mol. The molecule has 1 unspecified atom stereocenters. The normalized spacial score (nSPS) is 16.0. The highest BCUT2D eigenvalue weighted by Crippen LogP contribution is 2.38. The summed E-state index contributed by atoms with van der Waals surface area (Å²) in [5.74, 6) is -0.414. The summed E-state index contributed by atoms with van der Waals surface area (Å²) in [6.45, 7) is 7.27. The maximum absolute atomic E-state index is 13.5. The van der Waals surface area contributed by atoms with E-state index in [0.29, 0.717) is 16.5 Å². The number of thioether (sulfide) groups is 1. The fourth-order valence-electron chi connectivity index (χ4n) is 3.41. The second-order valence-electron chi connectivity index (χ2n) is 7.68. The molecule has 1 aliphatic rings. The van der Waals surface area contributed by atoms with Crippen molar-refractivity contribution in [3.05, 3.63) is 54.1 Å². The number of amides is 2. The van der Waals surface area contributed by atoms with E-state index in [1.54, 1.807) is 36.4 Å². The molecule has 1 atom stereocenters. The highest BCUT2D eigenvalue weighted by molar-refractivity contribution is 8.00. The van der Waals surface area contributed by atoms with Crippen LogP contribution in [0.4, 0.5) is 11.4 Å². The van der Waals surface area contributed by atoms with Crippen LogP contribution in [0.1, 0.15) is 26.3 Å². The maximum Gasteiger partial charge on any atom is 0.250 e. The number of fused-ring (bicyclic) bond motifs is 1. The standard InChI is InChI=1S/C21H22N6O2S/c1-13-8-7-9-15(12-13)27-20(23-24-25-27)30-14(2)18(28)26-17-11-6-5-10-16(17)22-19(29)21(26,3)4/h5-12,14H,1-4H3,(H,22,29). The molecular weight excluding hydrogens is 400 g/mol. The van der Waals surface area contributed by atoms with E-state index in [4.69, 9.17) is 0 Å². The van der Waals surface area contributed by atoms with E-state index < -0.39 is 10.8 Å². The van der Waals surface area contributed by atoms with Gasteiger partial charge in [-0.05, 0) is 68.0 Å². The minimum absolute atomic E-state index is 0.189. The Bertz CT molecular complexity index is 1130. The number of hydrogen-bond acceptors (Lipinski definition) is 6. The molecule has 1 aliphatic heterocycles. The van der Waals surface area contributed by atoms with Crippen LogP contribution in [0.25, 0.3) is 5.69 Å². The number of nitrogens with zero attached hydrogens (tertiary/aromatic N) is 5. The molecule has 1 aromatic heterocycles. The number of nitrogens with one attached hydrogen (secondary N) is 1. The molecule has 154 valence electrons. The second-order valence-corrected chi connectivity index (χ2v) is 8.98. The number of aryl methyl sites for hydroxylation is 1. The first-order valence-corrected chi connectivity index (χ1v) is 10.4. The molecule has 8 nitrogen and oxygen atoms in total. The average molecular weight is 423 g/mol. The molecule has 30 heavy (non-hydrogen) atoms. The number of para-hydroxylation sites is 2. The molecule has 2 aromatic carbocycles. The van der Waals surface area contributed by atoms with E-state index in [1.807, 2.05) is 49.4 Å². The summed E-state index contributed by atoms with van der Waals surface area (Å²) in [5.41, 5.74) is 2.18. The Hall–Kier alpha value is -3.20. The monoisotopic (exact) mass is 422 g/mol. The van der Waals surface area contributed by atoms with Crippen LogP contribution in [-0.2, 0) is 9.59 Å². The fraction of sp³-hybridized carbons (Fsp3) is 0.286. The van der Waals surface area contributed by atoms with Gasteiger partial charge in [0.15, 0.2) is 0 Å². The molecule has 0 saturated heterocycles. The van der Waals surface area contributed by atoms with Gasteiger partial charge < -0.3 is 5.32 Å². The third kappa shape index (κ3) is 3.45. The number of carbonyl (C=O) groups is 2. The van der Waals surface area contributed by atoms with Crippen molar-refractivity contribution in [2.45, 2.75) is 43.6 Å². The average Bonchev–Trinajstić information content (AvgIpc) is 3.16. The Morgan fingerprint density at radius 1 is 1.17 bits per heavy atom. The van der Waals surface area contributed by atoms with Gasteiger partial charge in [0, 0.05) is 0 Å². The Labute approximate surface area is 178 Å². The first kappa shape index (κ1) is 20.1. The van der Waals surface area contributed by atoms with Crippen molar-refractivity contribution in [1.82, 2.24) is 20.2 Å². The fourth-order valence-corrected chi connectivity index (χ4v) is 4.26. The zero-order valence-electron chi connectivity index (χ0n) is 17.2. The lowest BCUT2D eigenvalue weighted by Crippen LogP contribution is -2.60. The zero-order chi connectivity index (χ0) is 21.5. The van der Waals surface area contributed by atoms with E-state index in [9.17, 15) is 9.59 Å². The summed E-state index contributed by atoms with van der Waals surface area (Å²) in [4.78, 5) is 27.7. The first-order valence-electron chi connectivity index (χ1n) is 9.55. The quantitative estimate of drug-likeness (QED) is 0.649. The van der Waals surface area contributed by atoms with Gasteiger partial charge in [-0.2, -0.15) is 4.68 Å². The molecule has 2 heterocycles. The van der Waals surface area contributed by atoms with Crippen LogP contribution in [0.5, 0.6) is 0 Å². The minimum atomic E-state index is -1.03. The minimum Gasteiger partial charge on any atom is -0.322 e. The molecule has 0 saturated carbocycles. The van der Waals surface area contributed by atoms with Crippen molar-refractivity contribution in [2.24, 2.45) is 0 Å². The molecule has 9 heteroatoms. The summed E-state index contributed by atoms with van der Waals surface area (Å²) >= 11 is 1.26. The van der Waals surface area contributed by atoms with E-state index in [-0.39, 0.29) is 11.8 Å². The van der Waals surface area contributed by atoms with Gasteiger partial charge >= 0.3 is 0 Å². The van der Waals surface area contributed by atoms with E-state index in [0.717, 1.165) is 11.3 Å². The van der Waals surface area contributed by atoms with Crippen LogP contribution in [-0.4, -0.2) is 42.8 Å². The number of carbonyl (C=O) groups excluding carboxylic acids is 2. The molecule has 1 N–H and O–H groups in total. The smallest absolute Gasteiger partial charge is 0.250 e. The number of benzene rings is 2. The number of anilines is 2. The Morgan fingerprint density at radius 2 is 1.93 bits per heavy atom. The van der Waals surface area contributed by atoms with Crippen LogP contribution in [0.15, 0.2) is 53.7 Å². The van der Waals surface area contributed by atoms with Crippen molar-refractivity contribution in [3.8, 4) is 5.69 Å². The van der Waals surface area contributed by atoms with Gasteiger partial charge in [-0.3, -0.25) is 14.5 Å². The Morgan fingerprint density at radius 3 is 2.70 bits per heavy atom. The topological polar surface area (TPSA) is 93.0 Å². The summed E-state index contributed by atoms with van der Waals surface area (Å²) < 4.78 is 1.61. The molecule has 0 fully saturated rings. The third-order valence-electron chi connectivity index (χ3n) is 5.05. The maximum atomic E-state index is 13.5. The van der Waals surface area contributed by atoms with Gasteiger partial charge in [0.05, 0.1) is 22.3 Å². The molecule has 0 radical (unpaired) electrons. The highest BCUT2D eigenvalue weighted by Gasteiger charge is 2.45. The summed E-state index contributed by atoms with van der Waals surface area (Å²) in [6, 6.07) is 15.1. The lowest BCUT2D eigenvalue weighted by atomic mass is 9.96. The summed E-state index contributed by atoms with van der Waals surface area (Å²) in [7, 11) is 0. The van der Waals surface area contributed by atoms with Gasteiger partial charge in [0.1, 0.15) is 5.54 Å². The molecule has 0 spiro atoms. The van der Waals surface area contributed by atoms with Crippen molar-refractivity contribution < 1.29 is 9.59 Å². The van der Waals surface area contributed by atoms with Gasteiger partial charge in [-0.15, -0.1) is 5.10 Å². The zero-order valence-corrected chi connectivity index (χ0v) is 18.0. The van der Waals surface area contributed by atoms with Gasteiger partial charge in [-0.25, -0.2) is 0 Å². The Kier molecular flexibility index (Phi) is 5.07. The largest absolute Gasteiger partial charge is 0.322 e. The van der Waals surface area contributed by atoms with Crippen LogP contribution >= 0.6 is 11.8 Å². The lowest BCUT2D eigenvalue weighted by Gasteiger charge is -2.43. The second kappa shape index (κ2) is 7.56. The molecule has 3 aromatic rings. The van der Waals surface area contributed by atoms with Gasteiger partial charge in [-0.1, -0.05) is 36.0 Å². The SMILES string of the molecule is Cc1cccc(-n2nnnc2SC(C)C(=O)N2c3ccccc3NC(=O)C2(C)C)c1. The predicted octanol–water partition coefficient (Wildman–Crippen LogP) is 3.22. The van der Waals surface area contributed by atoms with Crippen molar-refractivity contribution in [3.63, 3.8) is 0 Å². The van der Waals surface area contributed by atoms with Crippen LogP contribution in [0.2, 0.25) is 0 Å². The Balaban J connectivity index is 1.64. The summed E-state index contributed by atoms with van der Waals surface area (Å²) in [5, 5.41) is 14.8. The van der Waals surface area contributed by atoms with Crippen molar-refractivity contribution in [1.29, 1.82) is 0 Å². The molecule has 0 aliphatic carbocycles. The molecule has 0 bridgehead atoms. The van der Waals surface area contributed by atoms with E-state index in [2.05, 4.69) is 20.8 Å².